The van der Waals surface area contributed by atoms with Gasteiger partial charge in [0.2, 0.25) is 0 Å². The molecule has 3 rings (SSSR count). The summed E-state index contributed by atoms with van der Waals surface area (Å²) >= 11 is 0. The number of ether oxygens (including phenoxy) is 1. The molecule has 3 aromatic rings. The Balaban J connectivity index is 2.00. The molecule has 0 unspecified atom stereocenters. The van der Waals surface area contributed by atoms with Crippen LogP contribution in [-0.4, -0.2) is 26.9 Å². The Hall–Kier alpha value is -2.89. The Morgan fingerprint density at radius 1 is 1.15 bits per heavy atom. The molecule has 0 saturated carbocycles. The van der Waals surface area contributed by atoms with Crippen LogP contribution in [0.2, 0.25) is 0 Å². The smallest absolute Gasteiger partial charge is 0.159 e. The van der Waals surface area contributed by atoms with Crippen LogP contribution in [0.3, 0.4) is 0 Å². The Bertz CT molecular complexity index is 706. The molecule has 1 aromatic carbocycles. The van der Waals surface area contributed by atoms with Gasteiger partial charge >= 0.3 is 0 Å². The maximum absolute atomic E-state index is 5.98. The van der Waals surface area contributed by atoms with Gasteiger partial charge in [-0.05, 0) is 24.3 Å². The van der Waals surface area contributed by atoms with E-state index in [4.69, 9.17) is 10.5 Å². The fourth-order valence-electron chi connectivity index (χ4n) is 1.89. The Kier molecular flexibility index (Phi) is 3.04. The van der Waals surface area contributed by atoms with Gasteiger partial charge in [0.15, 0.2) is 5.82 Å². The lowest BCUT2D eigenvalue weighted by molar-refractivity contribution is 0.415. The van der Waals surface area contributed by atoms with E-state index in [1.54, 1.807) is 24.1 Å². The average molecular weight is 267 g/mol. The molecule has 0 amide bonds. The molecule has 2 N–H and O–H groups in total. The molecule has 0 bridgehead atoms. The molecule has 0 atom stereocenters. The fraction of sp³-hybridized carbons (Fsp3) is 0.0714. The van der Waals surface area contributed by atoms with Crippen LogP contribution in [-0.2, 0) is 0 Å². The highest BCUT2D eigenvalue weighted by Gasteiger charge is 2.09. The van der Waals surface area contributed by atoms with Crippen molar-refractivity contribution in [3.8, 4) is 22.8 Å². The molecule has 2 aromatic heterocycles. The second-order valence-electron chi connectivity index (χ2n) is 4.16. The minimum absolute atomic E-state index is 0.523. The first-order valence-electron chi connectivity index (χ1n) is 6.04. The third-order valence-electron chi connectivity index (χ3n) is 2.91. The molecule has 2 heterocycles. The first-order chi connectivity index (χ1) is 9.78. The normalized spacial score (nSPS) is 10.4. The quantitative estimate of drug-likeness (QED) is 0.784. The highest BCUT2D eigenvalue weighted by molar-refractivity contribution is 5.64. The zero-order valence-corrected chi connectivity index (χ0v) is 10.9. The number of nitrogens with zero attached hydrogens (tertiary/aromatic N) is 4. The van der Waals surface area contributed by atoms with E-state index in [9.17, 15) is 0 Å². The van der Waals surface area contributed by atoms with Crippen LogP contribution in [0, 0.1) is 0 Å². The molecule has 20 heavy (non-hydrogen) atoms. The van der Waals surface area contributed by atoms with Crippen molar-refractivity contribution in [1.29, 1.82) is 0 Å². The third-order valence-corrected chi connectivity index (χ3v) is 2.91. The zero-order valence-electron chi connectivity index (χ0n) is 10.9. The van der Waals surface area contributed by atoms with Crippen molar-refractivity contribution >= 4 is 5.82 Å². The number of benzene rings is 1. The Morgan fingerprint density at radius 2 is 1.95 bits per heavy atom. The summed E-state index contributed by atoms with van der Waals surface area (Å²) in [5.74, 6) is 1.96. The van der Waals surface area contributed by atoms with E-state index < -0.39 is 0 Å². The molecule has 100 valence electrons. The first kappa shape index (κ1) is 12.2. The monoisotopic (exact) mass is 267 g/mol. The van der Waals surface area contributed by atoms with Gasteiger partial charge in [-0.15, -0.1) is 0 Å². The van der Waals surface area contributed by atoms with Crippen molar-refractivity contribution in [3.63, 3.8) is 0 Å². The van der Waals surface area contributed by atoms with Crippen molar-refractivity contribution in [2.45, 2.75) is 0 Å². The number of hydrogen-bond acceptors (Lipinski definition) is 5. The minimum Gasteiger partial charge on any atom is -0.497 e. The first-order valence-corrected chi connectivity index (χ1v) is 6.04. The van der Waals surface area contributed by atoms with Crippen LogP contribution in [0.4, 0.5) is 5.82 Å². The molecule has 0 fully saturated rings. The fourth-order valence-corrected chi connectivity index (χ4v) is 1.89. The van der Waals surface area contributed by atoms with E-state index in [0.717, 1.165) is 17.0 Å². The summed E-state index contributed by atoms with van der Waals surface area (Å²) in [6.07, 6.45) is 3.11. The summed E-state index contributed by atoms with van der Waals surface area (Å²) in [5.41, 5.74) is 7.73. The molecule has 0 saturated heterocycles. The lowest BCUT2D eigenvalue weighted by Gasteiger charge is -2.01. The second kappa shape index (κ2) is 5.00. The summed E-state index contributed by atoms with van der Waals surface area (Å²) in [6, 6.07) is 11.2. The average Bonchev–Trinajstić information content (AvgIpc) is 2.90. The summed E-state index contributed by atoms with van der Waals surface area (Å²) < 4.78 is 6.72. The molecular weight excluding hydrogens is 254 g/mol. The number of hydrogen-bond donors (Lipinski definition) is 1. The van der Waals surface area contributed by atoms with E-state index in [1.165, 1.54) is 6.33 Å². The van der Waals surface area contributed by atoms with Crippen LogP contribution in [0.5, 0.6) is 5.75 Å². The van der Waals surface area contributed by atoms with E-state index in [1.807, 2.05) is 30.3 Å². The SMILES string of the molecule is COc1ccc(-c2cc(N)n(-c3ccncn3)n2)cc1. The summed E-state index contributed by atoms with van der Waals surface area (Å²) in [6.45, 7) is 0. The van der Waals surface area contributed by atoms with Crippen LogP contribution >= 0.6 is 0 Å². The Labute approximate surface area is 115 Å². The van der Waals surface area contributed by atoms with Gasteiger partial charge in [0.1, 0.15) is 17.9 Å². The predicted octanol–water partition coefficient (Wildman–Crippen LogP) is 1.92. The van der Waals surface area contributed by atoms with Crippen LogP contribution in [0.25, 0.3) is 17.1 Å². The van der Waals surface area contributed by atoms with Gasteiger partial charge in [-0.3, -0.25) is 0 Å². The minimum atomic E-state index is 0.523. The predicted molar refractivity (Wildman–Crippen MR) is 75.6 cm³/mol. The molecule has 0 spiro atoms. The summed E-state index contributed by atoms with van der Waals surface area (Å²) in [5, 5.41) is 4.47. The molecule has 6 nitrogen and oxygen atoms in total. The van der Waals surface area contributed by atoms with Gasteiger partial charge in [-0.25, -0.2) is 9.97 Å². The summed E-state index contributed by atoms with van der Waals surface area (Å²) in [7, 11) is 1.64. The van der Waals surface area contributed by atoms with Gasteiger partial charge in [-0.2, -0.15) is 9.78 Å². The Morgan fingerprint density at radius 3 is 2.60 bits per heavy atom. The number of anilines is 1. The van der Waals surface area contributed by atoms with E-state index in [2.05, 4.69) is 15.1 Å². The van der Waals surface area contributed by atoms with Gasteiger partial charge in [0.05, 0.1) is 12.8 Å². The van der Waals surface area contributed by atoms with Crippen molar-refractivity contribution in [1.82, 2.24) is 19.7 Å². The number of aromatic nitrogens is 4. The molecular formula is C14H13N5O. The lowest BCUT2D eigenvalue weighted by atomic mass is 10.1. The lowest BCUT2D eigenvalue weighted by Crippen LogP contribution is -2.03. The number of nitrogen functional groups attached to an aromatic ring is 1. The number of nitrogens with two attached hydrogens (primary N) is 1. The van der Waals surface area contributed by atoms with E-state index in [-0.39, 0.29) is 0 Å². The third kappa shape index (κ3) is 2.18. The molecule has 0 aliphatic heterocycles. The number of methoxy groups -OCH3 is 1. The zero-order chi connectivity index (χ0) is 13.9. The van der Waals surface area contributed by atoms with E-state index in [0.29, 0.717) is 11.6 Å². The largest absolute Gasteiger partial charge is 0.497 e. The highest BCUT2D eigenvalue weighted by atomic mass is 16.5. The molecule has 0 aliphatic rings. The standard InChI is InChI=1S/C14H13N5O/c1-20-11-4-2-10(3-5-11)12-8-13(15)19(18-12)14-6-7-16-9-17-14/h2-9H,15H2,1H3. The van der Waals surface area contributed by atoms with Gasteiger partial charge in [0.25, 0.3) is 0 Å². The van der Waals surface area contributed by atoms with Crippen LogP contribution in [0.1, 0.15) is 0 Å². The molecule has 0 aliphatic carbocycles. The second-order valence-corrected chi connectivity index (χ2v) is 4.16. The van der Waals surface area contributed by atoms with Gasteiger partial charge in [-0.1, -0.05) is 0 Å². The molecule has 6 heteroatoms. The maximum Gasteiger partial charge on any atom is 0.159 e. The van der Waals surface area contributed by atoms with E-state index >= 15 is 0 Å². The van der Waals surface area contributed by atoms with Gasteiger partial charge in [0, 0.05) is 23.9 Å². The maximum atomic E-state index is 5.98. The highest BCUT2D eigenvalue weighted by Crippen LogP contribution is 2.24. The molecule has 0 radical (unpaired) electrons. The van der Waals surface area contributed by atoms with Crippen molar-refractivity contribution in [3.05, 3.63) is 48.9 Å². The van der Waals surface area contributed by atoms with Crippen molar-refractivity contribution < 1.29 is 4.74 Å². The van der Waals surface area contributed by atoms with Crippen LogP contribution in [0.15, 0.2) is 48.9 Å². The van der Waals surface area contributed by atoms with Crippen molar-refractivity contribution in [2.24, 2.45) is 0 Å². The summed E-state index contributed by atoms with van der Waals surface area (Å²) in [4.78, 5) is 8.01. The van der Waals surface area contributed by atoms with Crippen LogP contribution < -0.4 is 10.5 Å². The topological polar surface area (TPSA) is 78.9 Å². The van der Waals surface area contributed by atoms with Gasteiger partial charge < -0.3 is 10.5 Å². The van der Waals surface area contributed by atoms with Crippen molar-refractivity contribution in [2.75, 3.05) is 12.8 Å². The number of rotatable bonds is 3.